The third-order valence-corrected chi connectivity index (χ3v) is 5.99. The van der Waals surface area contributed by atoms with E-state index in [-0.39, 0.29) is 17.2 Å². The lowest BCUT2D eigenvalue weighted by molar-refractivity contribution is -0.127. The summed E-state index contributed by atoms with van der Waals surface area (Å²) in [6.45, 7) is 3.72. The summed E-state index contributed by atoms with van der Waals surface area (Å²) in [4.78, 5) is 29.2. The van der Waals surface area contributed by atoms with Crippen molar-refractivity contribution in [2.75, 3.05) is 24.5 Å². The summed E-state index contributed by atoms with van der Waals surface area (Å²) in [6, 6.07) is 1.99. The Morgan fingerprint density at radius 2 is 2.04 bits per heavy atom. The number of amides is 2. The molecule has 6 nitrogen and oxygen atoms in total. The van der Waals surface area contributed by atoms with E-state index in [0.29, 0.717) is 24.4 Å². The average molecular weight is 345 g/mol. The summed E-state index contributed by atoms with van der Waals surface area (Å²) < 4.78 is 4.98. The molecule has 4 heterocycles. The highest BCUT2D eigenvalue weighted by Crippen LogP contribution is 2.43. The lowest BCUT2D eigenvalue weighted by atomic mass is 9.77. The van der Waals surface area contributed by atoms with Gasteiger partial charge < -0.3 is 14.3 Å². The maximum absolute atomic E-state index is 12.9. The first-order chi connectivity index (χ1) is 11.6. The molecule has 0 saturated carbocycles. The molecule has 2 saturated heterocycles. The lowest BCUT2D eigenvalue weighted by Gasteiger charge is -2.37. The van der Waals surface area contributed by atoms with Crippen LogP contribution in [-0.4, -0.2) is 41.5 Å². The normalized spacial score (nSPS) is 20.1. The van der Waals surface area contributed by atoms with Crippen molar-refractivity contribution in [3.8, 4) is 0 Å². The molecule has 2 aromatic rings. The van der Waals surface area contributed by atoms with Crippen LogP contribution in [0.15, 0.2) is 27.5 Å². The van der Waals surface area contributed by atoms with Crippen molar-refractivity contribution >= 4 is 28.8 Å². The molecule has 0 unspecified atom stereocenters. The van der Waals surface area contributed by atoms with Gasteiger partial charge in [-0.3, -0.25) is 9.59 Å². The second kappa shape index (κ2) is 5.73. The Bertz CT molecular complexity index is 760. The van der Waals surface area contributed by atoms with Gasteiger partial charge in [-0.2, -0.15) is 11.3 Å². The third-order valence-electron chi connectivity index (χ3n) is 5.32. The number of carbonyl (C=O) groups is 2. The number of anilines is 1. The maximum atomic E-state index is 12.9. The van der Waals surface area contributed by atoms with Crippen LogP contribution in [0.3, 0.4) is 0 Å². The zero-order valence-electron chi connectivity index (χ0n) is 13.5. The lowest BCUT2D eigenvalue weighted by Crippen LogP contribution is -2.46. The quantitative estimate of drug-likeness (QED) is 0.839. The van der Waals surface area contributed by atoms with E-state index in [1.807, 2.05) is 26.6 Å². The predicted molar refractivity (Wildman–Crippen MR) is 90.1 cm³/mol. The standard InChI is InChI=1S/C17H19N3O3S/c1-12-14(10-18-23-12)15(21)19-6-3-17(4-7-19)5-8-20(16(17)22)13-2-9-24-11-13/h2,9-11H,3-8H2,1H3. The molecule has 4 rings (SSSR count). The van der Waals surface area contributed by atoms with Crippen molar-refractivity contribution in [1.29, 1.82) is 0 Å². The number of carbonyl (C=O) groups excluding carboxylic acids is 2. The fourth-order valence-electron chi connectivity index (χ4n) is 3.75. The fraction of sp³-hybridized carbons (Fsp3) is 0.471. The Labute approximate surface area is 144 Å². The average Bonchev–Trinajstić information content (AvgIpc) is 3.31. The van der Waals surface area contributed by atoms with Gasteiger partial charge >= 0.3 is 0 Å². The van der Waals surface area contributed by atoms with Crippen LogP contribution in [0.4, 0.5) is 5.69 Å². The van der Waals surface area contributed by atoms with E-state index in [0.717, 1.165) is 31.5 Å². The van der Waals surface area contributed by atoms with Crippen molar-refractivity contribution in [3.05, 3.63) is 34.3 Å². The smallest absolute Gasteiger partial charge is 0.259 e. The highest BCUT2D eigenvalue weighted by Gasteiger charge is 2.49. The van der Waals surface area contributed by atoms with Crippen molar-refractivity contribution in [2.45, 2.75) is 26.2 Å². The number of hydrogen-bond donors (Lipinski definition) is 0. The maximum Gasteiger partial charge on any atom is 0.259 e. The molecule has 0 radical (unpaired) electrons. The number of hydrogen-bond acceptors (Lipinski definition) is 5. The summed E-state index contributed by atoms with van der Waals surface area (Å²) in [5, 5.41) is 7.69. The van der Waals surface area contributed by atoms with E-state index in [1.165, 1.54) is 6.20 Å². The minimum absolute atomic E-state index is 0.0521. The molecule has 1 spiro atoms. The van der Waals surface area contributed by atoms with Crippen LogP contribution >= 0.6 is 11.3 Å². The van der Waals surface area contributed by atoms with Gasteiger partial charge in [0.25, 0.3) is 5.91 Å². The minimum atomic E-state index is -0.303. The molecule has 24 heavy (non-hydrogen) atoms. The SMILES string of the molecule is Cc1oncc1C(=O)N1CCC2(CC1)CCN(c1ccsc1)C2=O. The largest absolute Gasteiger partial charge is 0.361 e. The third kappa shape index (κ3) is 2.34. The van der Waals surface area contributed by atoms with E-state index in [1.54, 1.807) is 18.3 Å². The number of likely N-dealkylation sites (tertiary alicyclic amines) is 1. The monoisotopic (exact) mass is 345 g/mol. The number of nitrogens with zero attached hydrogens (tertiary/aromatic N) is 3. The Balaban J connectivity index is 1.45. The topological polar surface area (TPSA) is 66.7 Å². The molecular weight excluding hydrogens is 326 g/mol. The van der Waals surface area contributed by atoms with Crippen molar-refractivity contribution in [2.24, 2.45) is 5.41 Å². The fourth-order valence-corrected chi connectivity index (χ4v) is 4.40. The molecule has 2 aromatic heterocycles. The molecule has 126 valence electrons. The Morgan fingerprint density at radius 3 is 2.67 bits per heavy atom. The molecule has 2 amide bonds. The Morgan fingerprint density at radius 1 is 1.29 bits per heavy atom. The van der Waals surface area contributed by atoms with Gasteiger partial charge in [-0.05, 0) is 37.6 Å². The van der Waals surface area contributed by atoms with Crippen LogP contribution in [0.1, 0.15) is 35.4 Å². The van der Waals surface area contributed by atoms with E-state index < -0.39 is 0 Å². The molecule has 0 aromatic carbocycles. The molecule has 0 bridgehead atoms. The van der Waals surface area contributed by atoms with E-state index in [9.17, 15) is 9.59 Å². The number of aromatic nitrogens is 1. The van der Waals surface area contributed by atoms with Gasteiger partial charge in [-0.15, -0.1) is 0 Å². The van der Waals surface area contributed by atoms with Gasteiger partial charge in [0.1, 0.15) is 11.3 Å². The summed E-state index contributed by atoms with van der Waals surface area (Å²) in [7, 11) is 0. The highest BCUT2D eigenvalue weighted by atomic mass is 32.1. The van der Waals surface area contributed by atoms with Gasteiger partial charge in [-0.1, -0.05) is 5.16 Å². The molecular formula is C17H19N3O3S. The van der Waals surface area contributed by atoms with Gasteiger partial charge in [0.2, 0.25) is 5.91 Å². The first-order valence-corrected chi connectivity index (χ1v) is 9.10. The van der Waals surface area contributed by atoms with Crippen LogP contribution in [0.5, 0.6) is 0 Å². The second-order valence-electron chi connectivity index (χ2n) is 6.56. The molecule has 0 N–H and O–H groups in total. The number of rotatable bonds is 2. The predicted octanol–water partition coefficient (Wildman–Crippen LogP) is 2.70. The van der Waals surface area contributed by atoms with Crippen LogP contribution in [-0.2, 0) is 4.79 Å². The highest BCUT2D eigenvalue weighted by molar-refractivity contribution is 7.08. The van der Waals surface area contributed by atoms with E-state index in [2.05, 4.69) is 5.16 Å². The number of thiophene rings is 1. The van der Waals surface area contributed by atoms with Crippen molar-refractivity contribution in [3.63, 3.8) is 0 Å². The zero-order valence-corrected chi connectivity index (χ0v) is 14.3. The van der Waals surface area contributed by atoms with Crippen molar-refractivity contribution < 1.29 is 14.1 Å². The first kappa shape index (κ1) is 15.4. The van der Waals surface area contributed by atoms with E-state index >= 15 is 0 Å². The van der Waals surface area contributed by atoms with Gasteiger partial charge in [0, 0.05) is 25.0 Å². The van der Waals surface area contributed by atoms with E-state index in [4.69, 9.17) is 4.52 Å². The molecule has 0 atom stereocenters. The number of aryl methyl sites for hydroxylation is 1. The van der Waals surface area contributed by atoms with Crippen LogP contribution in [0.25, 0.3) is 0 Å². The molecule has 2 aliphatic heterocycles. The van der Waals surface area contributed by atoms with Crippen LogP contribution in [0.2, 0.25) is 0 Å². The summed E-state index contributed by atoms with van der Waals surface area (Å²) in [6.07, 6.45) is 3.79. The van der Waals surface area contributed by atoms with Gasteiger partial charge in [-0.25, -0.2) is 0 Å². The summed E-state index contributed by atoms with van der Waals surface area (Å²) in [5.41, 5.74) is 1.21. The second-order valence-corrected chi connectivity index (χ2v) is 7.34. The van der Waals surface area contributed by atoms with Crippen LogP contribution in [0, 0.1) is 12.3 Å². The van der Waals surface area contributed by atoms with Gasteiger partial charge in [0.05, 0.1) is 17.3 Å². The number of piperidine rings is 1. The summed E-state index contributed by atoms with van der Waals surface area (Å²) in [5.74, 6) is 0.707. The Hall–Kier alpha value is -2.15. The van der Waals surface area contributed by atoms with Crippen LogP contribution < -0.4 is 4.90 Å². The first-order valence-electron chi connectivity index (χ1n) is 8.15. The molecule has 0 aliphatic carbocycles. The van der Waals surface area contributed by atoms with Crippen molar-refractivity contribution in [1.82, 2.24) is 10.1 Å². The summed E-state index contributed by atoms with van der Waals surface area (Å²) >= 11 is 1.61. The minimum Gasteiger partial charge on any atom is -0.361 e. The Kier molecular flexibility index (Phi) is 3.68. The molecule has 2 fully saturated rings. The molecule has 7 heteroatoms. The zero-order chi connectivity index (χ0) is 16.7. The van der Waals surface area contributed by atoms with Gasteiger partial charge in [0.15, 0.2) is 0 Å². The molecule has 2 aliphatic rings.